The molecule has 1 N–H and O–H groups in total. The summed E-state index contributed by atoms with van der Waals surface area (Å²) >= 11 is 7.60. The minimum Gasteiger partial charge on any atom is -0.422 e. The van der Waals surface area contributed by atoms with Crippen LogP contribution < -0.4 is 9.57 Å². The molecule has 162 valence electrons. The van der Waals surface area contributed by atoms with Crippen molar-refractivity contribution in [1.29, 1.82) is 0 Å². The Bertz CT molecular complexity index is 1410. The number of sulfonamides is 1. The van der Waals surface area contributed by atoms with Gasteiger partial charge in [0.25, 0.3) is 10.0 Å². The number of thiophene rings is 1. The summed E-state index contributed by atoms with van der Waals surface area (Å²) in [5.41, 5.74) is 1.58. The van der Waals surface area contributed by atoms with Crippen molar-refractivity contribution in [3.05, 3.63) is 93.8 Å². The Kier molecular flexibility index (Phi) is 6.27. The van der Waals surface area contributed by atoms with Crippen LogP contribution in [0.5, 0.6) is 5.75 Å². The van der Waals surface area contributed by atoms with Crippen molar-refractivity contribution in [2.45, 2.75) is 11.8 Å². The Morgan fingerprint density at radius 1 is 1.03 bits per heavy atom. The van der Waals surface area contributed by atoms with Gasteiger partial charge in [-0.2, -0.15) is 13.5 Å². The normalized spacial score (nSPS) is 11.7. The first-order chi connectivity index (χ1) is 15.3. The molecule has 0 aliphatic carbocycles. The average molecular weight is 485 g/mol. The van der Waals surface area contributed by atoms with Crippen LogP contribution in [0.3, 0.4) is 0 Å². The van der Waals surface area contributed by atoms with Gasteiger partial charge in [-0.1, -0.05) is 47.5 Å². The molecular weight excluding hydrogens is 468 g/mol. The van der Waals surface area contributed by atoms with Gasteiger partial charge in [0.15, 0.2) is 0 Å². The van der Waals surface area contributed by atoms with Gasteiger partial charge in [0.2, 0.25) is 0 Å². The fourth-order valence-corrected chi connectivity index (χ4v) is 5.04. The zero-order valence-corrected chi connectivity index (χ0v) is 19.2. The molecule has 4 rings (SSSR count). The van der Waals surface area contributed by atoms with Crippen molar-refractivity contribution in [2.24, 2.45) is 5.10 Å². The molecule has 1 aromatic heterocycles. The number of hydrogen-bond acceptors (Lipinski definition) is 6. The molecule has 3 aromatic carbocycles. The van der Waals surface area contributed by atoms with E-state index in [0.717, 1.165) is 15.6 Å². The topological polar surface area (TPSA) is 84.8 Å². The van der Waals surface area contributed by atoms with Crippen molar-refractivity contribution in [1.82, 2.24) is 4.83 Å². The maximum Gasteiger partial charge on any atom is 0.355 e. The maximum atomic E-state index is 12.5. The molecule has 0 saturated heterocycles. The summed E-state index contributed by atoms with van der Waals surface area (Å²) < 4.78 is 30.8. The Balaban J connectivity index is 1.41. The molecular formula is C23H17ClN2O4S2. The second-order valence-corrected chi connectivity index (χ2v) is 9.96. The monoisotopic (exact) mass is 484 g/mol. The molecule has 0 spiro atoms. The summed E-state index contributed by atoms with van der Waals surface area (Å²) in [5.74, 6) is -0.204. The van der Waals surface area contributed by atoms with E-state index in [9.17, 15) is 13.2 Å². The van der Waals surface area contributed by atoms with Crippen LogP contribution in [-0.4, -0.2) is 20.6 Å². The van der Waals surface area contributed by atoms with Gasteiger partial charge in [0.1, 0.15) is 10.6 Å². The fraction of sp³-hybridized carbons (Fsp3) is 0.0435. The van der Waals surface area contributed by atoms with E-state index in [2.05, 4.69) is 9.93 Å². The molecule has 6 nitrogen and oxygen atoms in total. The lowest BCUT2D eigenvalue weighted by Crippen LogP contribution is -2.18. The highest BCUT2D eigenvalue weighted by Crippen LogP contribution is 2.35. The maximum absolute atomic E-state index is 12.5. The lowest BCUT2D eigenvalue weighted by Gasteiger charge is -2.04. The Hall–Kier alpha value is -3.20. The molecule has 0 atom stereocenters. The van der Waals surface area contributed by atoms with Gasteiger partial charge < -0.3 is 4.74 Å². The number of fused-ring (bicyclic) bond motifs is 1. The summed E-state index contributed by atoms with van der Waals surface area (Å²) in [6.07, 6.45) is 1.36. The minimum absolute atomic E-state index is 0.127. The fourth-order valence-electron chi connectivity index (χ4n) is 2.86. The standard InChI is InChI=1S/C23H17ClN2O4S2/c1-15-6-12-18(13-7-15)32(28,29)26-25-14-16-8-10-17(11-9-16)30-23(27)22-21(24)19-4-2-3-5-20(19)31-22/h2-14,26H,1H3/b25-14-. The van der Waals surface area contributed by atoms with Crippen molar-refractivity contribution < 1.29 is 17.9 Å². The molecule has 0 unspecified atom stereocenters. The number of esters is 1. The van der Waals surface area contributed by atoms with Crippen LogP contribution in [0.15, 0.2) is 82.8 Å². The molecule has 1 heterocycles. The second-order valence-electron chi connectivity index (χ2n) is 6.87. The number of carbonyl (C=O) groups excluding carboxylic acids is 1. The Labute approximate surface area is 194 Å². The second kappa shape index (κ2) is 9.12. The average Bonchev–Trinajstić information content (AvgIpc) is 3.12. The van der Waals surface area contributed by atoms with Crippen LogP contribution in [-0.2, 0) is 10.0 Å². The highest BCUT2D eigenvalue weighted by Gasteiger charge is 2.19. The lowest BCUT2D eigenvalue weighted by molar-refractivity contribution is 0.0740. The van der Waals surface area contributed by atoms with E-state index in [-0.39, 0.29) is 4.90 Å². The van der Waals surface area contributed by atoms with E-state index in [4.69, 9.17) is 16.3 Å². The number of hydrazone groups is 1. The third kappa shape index (κ3) is 4.83. The highest BCUT2D eigenvalue weighted by atomic mass is 35.5. The van der Waals surface area contributed by atoms with E-state index >= 15 is 0 Å². The lowest BCUT2D eigenvalue weighted by atomic mass is 10.2. The third-order valence-electron chi connectivity index (χ3n) is 4.53. The first-order valence-corrected chi connectivity index (χ1v) is 12.1. The summed E-state index contributed by atoms with van der Waals surface area (Å²) in [7, 11) is -3.75. The molecule has 0 aliphatic rings. The van der Waals surface area contributed by atoms with E-state index in [1.807, 2.05) is 31.2 Å². The number of hydrogen-bond donors (Lipinski definition) is 1. The van der Waals surface area contributed by atoms with E-state index < -0.39 is 16.0 Å². The summed E-state index contributed by atoms with van der Waals surface area (Å²) in [5, 5.41) is 4.99. The van der Waals surface area contributed by atoms with Crippen molar-refractivity contribution in [3.63, 3.8) is 0 Å². The highest BCUT2D eigenvalue weighted by molar-refractivity contribution is 7.89. The molecule has 0 amide bonds. The third-order valence-corrected chi connectivity index (χ3v) is 7.42. The number of nitrogens with one attached hydrogen (secondary N) is 1. The number of nitrogens with zero attached hydrogens (tertiary/aromatic N) is 1. The first-order valence-electron chi connectivity index (χ1n) is 9.44. The smallest absolute Gasteiger partial charge is 0.355 e. The molecule has 0 fully saturated rings. The molecule has 32 heavy (non-hydrogen) atoms. The number of aryl methyl sites for hydroxylation is 1. The van der Waals surface area contributed by atoms with Gasteiger partial charge in [-0.25, -0.2) is 9.63 Å². The van der Waals surface area contributed by atoms with E-state index in [1.54, 1.807) is 36.4 Å². The van der Waals surface area contributed by atoms with Crippen LogP contribution in [0.2, 0.25) is 5.02 Å². The molecule has 0 bridgehead atoms. The molecule has 0 aliphatic heterocycles. The number of ether oxygens (including phenoxy) is 1. The SMILES string of the molecule is Cc1ccc(S(=O)(=O)N/N=C\c2ccc(OC(=O)c3sc4ccccc4c3Cl)cc2)cc1. The molecule has 0 radical (unpaired) electrons. The molecule has 4 aromatic rings. The van der Waals surface area contributed by atoms with Gasteiger partial charge in [-0.15, -0.1) is 11.3 Å². The predicted octanol–water partition coefficient (Wildman–Crippen LogP) is 5.39. The largest absolute Gasteiger partial charge is 0.422 e. The number of halogens is 1. The van der Waals surface area contributed by atoms with Crippen LogP contribution in [0.25, 0.3) is 10.1 Å². The van der Waals surface area contributed by atoms with Crippen LogP contribution >= 0.6 is 22.9 Å². The molecule has 0 saturated carbocycles. The number of benzene rings is 3. The zero-order valence-electron chi connectivity index (χ0n) is 16.8. The Morgan fingerprint density at radius 3 is 2.41 bits per heavy atom. The number of carbonyl (C=O) groups is 1. The van der Waals surface area contributed by atoms with Crippen LogP contribution in [0.1, 0.15) is 20.8 Å². The van der Waals surface area contributed by atoms with E-state index in [1.165, 1.54) is 29.7 Å². The number of rotatable bonds is 6. The van der Waals surface area contributed by atoms with E-state index in [0.29, 0.717) is 21.2 Å². The van der Waals surface area contributed by atoms with Gasteiger partial charge in [0, 0.05) is 10.1 Å². The van der Waals surface area contributed by atoms with Crippen molar-refractivity contribution in [2.75, 3.05) is 0 Å². The summed E-state index contributed by atoms with van der Waals surface area (Å²) in [6, 6.07) is 20.4. The summed E-state index contributed by atoms with van der Waals surface area (Å²) in [4.78, 5) is 15.2. The van der Waals surface area contributed by atoms with Gasteiger partial charge in [0.05, 0.1) is 16.1 Å². The molecule has 9 heteroatoms. The summed E-state index contributed by atoms with van der Waals surface area (Å²) in [6.45, 7) is 1.88. The van der Waals surface area contributed by atoms with Gasteiger partial charge >= 0.3 is 5.97 Å². The van der Waals surface area contributed by atoms with Gasteiger partial charge in [-0.3, -0.25) is 0 Å². The van der Waals surface area contributed by atoms with Crippen molar-refractivity contribution >= 4 is 55.2 Å². The van der Waals surface area contributed by atoms with Gasteiger partial charge in [-0.05, 0) is 55.0 Å². The minimum atomic E-state index is -3.75. The Morgan fingerprint density at radius 2 is 1.72 bits per heavy atom. The van der Waals surface area contributed by atoms with Crippen LogP contribution in [0.4, 0.5) is 0 Å². The zero-order chi connectivity index (χ0) is 22.7. The predicted molar refractivity (Wildman–Crippen MR) is 127 cm³/mol. The van der Waals surface area contributed by atoms with Crippen molar-refractivity contribution in [3.8, 4) is 5.75 Å². The first kappa shape index (κ1) is 22.0. The quantitative estimate of drug-likeness (QED) is 0.172. The van der Waals surface area contributed by atoms with Crippen LogP contribution in [0, 0.1) is 6.92 Å².